The van der Waals surface area contributed by atoms with Gasteiger partial charge in [-0.3, -0.25) is 4.98 Å². The van der Waals surface area contributed by atoms with Crippen molar-refractivity contribution in [1.82, 2.24) is 20.3 Å². The highest BCUT2D eigenvalue weighted by Gasteiger charge is 2.29. The van der Waals surface area contributed by atoms with Crippen LogP contribution in [-0.2, 0) is 15.7 Å². The first-order chi connectivity index (χ1) is 22.7. The van der Waals surface area contributed by atoms with E-state index in [2.05, 4.69) is 15.3 Å². The van der Waals surface area contributed by atoms with Gasteiger partial charge in [0, 0.05) is 40.3 Å². The number of pyridine rings is 1. The van der Waals surface area contributed by atoms with Crippen molar-refractivity contribution in [2.45, 2.75) is 42.2 Å². The molecule has 5 rings (SSSR count). The van der Waals surface area contributed by atoms with E-state index in [1.165, 1.54) is 11.8 Å². The van der Waals surface area contributed by atoms with Crippen molar-refractivity contribution in [3.63, 3.8) is 0 Å². The molecular formula is C34H33Cl2N4O5PS. The molecule has 0 aliphatic heterocycles. The van der Waals surface area contributed by atoms with E-state index in [9.17, 15) is 9.36 Å². The molecule has 2 heterocycles. The standard InChI is InChI=1S/C34H33Cl2N4O5PS/c1-23(2)31-33(47-29-21-25(35)20-26(36)22-29)40-32(39-31)30(19-24-13-15-37-16-14-24)43-34(41)38-17-18-46(42,44-27-9-5-3-6-10-27)45-28-11-7-4-8-12-28/h3-16,20-23,30H,17-19H2,1-2H3,(H,38,41)(H,39,40). The van der Waals surface area contributed by atoms with Crippen LogP contribution in [0.5, 0.6) is 11.5 Å². The zero-order chi connectivity index (χ0) is 33.2. The van der Waals surface area contributed by atoms with Crippen molar-refractivity contribution in [3.8, 4) is 11.5 Å². The molecule has 0 saturated carbocycles. The first kappa shape index (κ1) is 34.4. The van der Waals surface area contributed by atoms with E-state index in [0.29, 0.717) is 33.8 Å². The molecule has 0 radical (unpaired) electrons. The van der Waals surface area contributed by atoms with E-state index in [1.807, 2.05) is 50.2 Å². The molecule has 47 heavy (non-hydrogen) atoms. The number of alkyl carbamates (subject to hydrolysis) is 1. The fraction of sp³-hybridized carbons (Fsp3) is 0.206. The summed E-state index contributed by atoms with van der Waals surface area (Å²) in [5.41, 5.74) is 1.70. The number of carbonyl (C=O) groups is 1. The number of nitrogens with one attached hydrogen (secondary N) is 2. The fourth-order valence-corrected chi connectivity index (χ4v) is 7.80. The number of rotatable bonds is 14. The number of hydrogen-bond acceptors (Lipinski definition) is 8. The predicted octanol–water partition coefficient (Wildman–Crippen LogP) is 9.75. The Balaban J connectivity index is 1.32. The summed E-state index contributed by atoms with van der Waals surface area (Å²) in [5.74, 6) is 1.32. The number of benzene rings is 3. The number of amides is 1. The Labute approximate surface area is 287 Å². The van der Waals surface area contributed by atoms with Crippen LogP contribution in [0.4, 0.5) is 4.79 Å². The van der Waals surface area contributed by atoms with Crippen LogP contribution in [0.3, 0.4) is 0 Å². The minimum absolute atomic E-state index is 0.0379. The molecule has 13 heteroatoms. The quantitative estimate of drug-likeness (QED) is 0.109. The summed E-state index contributed by atoms with van der Waals surface area (Å²) >= 11 is 13.9. The maximum absolute atomic E-state index is 13.8. The molecule has 1 unspecified atom stereocenters. The van der Waals surface area contributed by atoms with Gasteiger partial charge in [0.1, 0.15) is 22.3 Å². The van der Waals surface area contributed by atoms with E-state index in [-0.39, 0.29) is 18.6 Å². The Hall–Kier alpha value is -3.95. The SMILES string of the molecule is CC(C)c1nc(C(Cc2ccncc2)OC(=O)NCCP(=O)(Oc2ccccc2)Oc2ccccc2)[nH]c1Sc1cc(Cl)cc(Cl)c1. The average Bonchev–Trinajstić information content (AvgIpc) is 3.45. The maximum atomic E-state index is 13.8. The number of nitrogens with zero attached hydrogens (tertiary/aromatic N) is 2. The number of hydrogen-bond donors (Lipinski definition) is 2. The zero-order valence-corrected chi connectivity index (χ0v) is 28.9. The number of H-pyrrole nitrogens is 1. The van der Waals surface area contributed by atoms with Crippen LogP contribution < -0.4 is 14.4 Å². The van der Waals surface area contributed by atoms with Crippen molar-refractivity contribution >= 4 is 48.7 Å². The largest absolute Gasteiger partial charge is 0.438 e. The summed E-state index contributed by atoms with van der Waals surface area (Å²) in [7, 11) is -3.74. The van der Waals surface area contributed by atoms with Gasteiger partial charge in [-0.15, -0.1) is 0 Å². The smallest absolute Gasteiger partial charge is 0.432 e. The average molecular weight is 712 g/mol. The van der Waals surface area contributed by atoms with Gasteiger partial charge in [0.25, 0.3) is 0 Å². The molecule has 0 aliphatic rings. The fourth-order valence-electron chi connectivity index (χ4n) is 4.50. The molecule has 3 aromatic carbocycles. The van der Waals surface area contributed by atoms with Crippen molar-refractivity contribution < 1.29 is 23.1 Å². The van der Waals surface area contributed by atoms with Crippen LogP contribution in [0.1, 0.15) is 43.0 Å². The summed E-state index contributed by atoms with van der Waals surface area (Å²) in [6.45, 7) is 4.03. The van der Waals surface area contributed by atoms with Crippen molar-refractivity contribution in [1.29, 1.82) is 0 Å². The molecule has 9 nitrogen and oxygen atoms in total. The third-order valence-electron chi connectivity index (χ3n) is 6.67. The lowest BCUT2D eigenvalue weighted by molar-refractivity contribution is 0.0934. The lowest BCUT2D eigenvalue weighted by Crippen LogP contribution is -2.30. The van der Waals surface area contributed by atoms with Crippen LogP contribution >= 0.6 is 42.6 Å². The van der Waals surface area contributed by atoms with Gasteiger partial charge in [0.05, 0.1) is 11.9 Å². The number of aromatic nitrogens is 3. The van der Waals surface area contributed by atoms with Gasteiger partial charge in [-0.25, -0.2) is 14.3 Å². The van der Waals surface area contributed by atoms with Gasteiger partial charge < -0.3 is 24.1 Å². The molecule has 2 aromatic heterocycles. The molecule has 0 spiro atoms. The van der Waals surface area contributed by atoms with E-state index in [4.69, 9.17) is 42.0 Å². The number of para-hydroxylation sites is 2. The maximum Gasteiger partial charge on any atom is 0.432 e. The molecular weight excluding hydrogens is 678 g/mol. The molecule has 5 aromatic rings. The summed E-state index contributed by atoms with van der Waals surface area (Å²) in [5, 5.41) is 4.54. The van der Waals surface area contributed by atoms with E-state index >= 15 is 0 Å². The lowest BCUT2D eigenvalue weighted by atomic mass is 10.1. The highest BCUT2D eigenvalue weighted by molar-refractivity contribution is 7.99. The molecule has 0 fully saturated rings. The first-order valence-electron chi connectivity index (χ1n) is 14.8. The van der Waals surface area contributed by atoms with Gasteiger partial charge in [-0.1, -0.05) is 85.2 Å². The molecule has 0 bridgehead atoms. The Kier molecular flexibility index (Phi) is 11.9. The monoisotopic (exact) mass is 710 g/mol. The first-order valence-corrected chi connectivity index (χ1v) is 18.1. The Morgan fingerprint density at radius 2 is 1.51 bits per heavy atom. The minimum Gasteiger partial charge on any atom is -0.438 e. The molecule has 0 aliphatic carbocycles. The number of carbonyl (C=O) groups excluding carboxylic acids is 1. The minimum atomic E-state index is -3.74. The number of halogens is 2. The van der Waals surface area contributed by atoms with Crippen molar-refractivity contribution in [2.24, 2.45) is 0 Å². The summed E-state index contributed by atoms with van der Waals surface area (Å²) in [4.78, 5) is 26.4. The second-order valence-electron chi connectivity index (χ2n) is 10.7. The molecule has 1 atom stereocenters. The van der Waals surface area contributed by atoms with Gasteiger partial charge in [-0.2, -0.15) is 0 Å². The number of imidazole rings is 1. The van der Waals surface area contributed by atoms with Crippen LogP contribution in [0.2, 0.25) is 10.0 Å². The Morgan fingerprint density at radius 3 is 2.09 bits per heavy atom. The molecule has 1 amide bonds. The second-order valence-corrected chi connectivity index (χ2v) is 14.7. The van der Waals surface area contributed by atoms with Crippen molar-refractivity contribution in [2.75, 3.05) is 12.7 Å². The van der Waals surface area contributed by atoms with Gasteiger partial charge in [-0.05, 0) is 66.1 Å². The third kappa shape index (κ3) is 10.3. The van der Waals surface area contributed by atoms with Gasteiger partial charge >= 0.3 is 13.7 Å². The Morgan fingerprint density at radius 1 is 0.915 bits per heavy atom. The second kappa shape index (κ2) is 16.2. The highest BCUT2D eigenvalue weighted by atomic mass is 35.5. The lowest BCUT2D eigenvalue weighted by Gasteiger charge is -2.21. The number of aromatic amines is 1. The molecule has 2 N–H and O–H groups in total. The van der Waals surface area contributed by atoms with Gasteiger partial charge in [0.2, 0.25) is 0 Å². The Bertz CT molecular complexity index is 1750. The normalized spacial score (nSPS) is 12.0. The summed E-state index contributed by atoms with van der Waals surface area (Å²) in [6.07, 6.45) is 2.08. The van der Waals surface area contributed by atoms with E-state index < -0.39 is 19.8 Å². The van der Waals surface area contributed by atoms with E-state index in [0.717, 1.165) is 21.2 Å². The predicted molar refractivity (Wildman–Crippen MR) is 185 cm³/mol. The van der Waals surface area contributed by atoms with Crippen molar-refractivity contribution in [3.05, 3.63) is 131 Å². The zero-order valence-electron chi connectivity index (χ0n) is 25.6. The highest BCUT2D eigenvalue weighted by Crippen LogP contribution is 2.48. The van der Waals surface area contributed by atoms with Crippen LogP contribution in [-0.4, -0.2) is 33.8 Å². The summed E-state index contributed by atoms with van der Waals surface area (Å²) in [6, 6.07) is 26.5. The third-order valence-corrected chi connectivity index (χ3v) is 9.85. The van der Waals surface area contributed by atoms with Gasteiger partial charge in [0.15, 0.2) is 6.10 Å². The number of ether oxygens (including phenoxy) is 1. The molecule has 244 valence electrons. The molecule has 0 saturated heterocycles. The van der Waals surface area contributed by atoms with Crippen LogP contribution in [0, 0.1) is 0 Å². The van der Waals surface area contributed by atoms with E-state index in [1.54, 1.807) is 67.0 Å². The summed E-state index contributed by atoms with van der Waals surface area (Å²) < 4.78 is 31.4. The van der Waals surface area contributed by atoms with Crippen LogP contribution in [0.15, 0.2) is 113 Å². The topological polar surface area (TPSA) is 115 Å². The van der Waals surface area contributed by atoms with Crippen LogP contribution in [0.25, 0.3) is 0 Å².